The molecule has 5 nitrogen and oxygen atoms in total. The second-order valence-corrected chi connectivity index (χ2v) is 5.21. The first-order valence-electron chi connectivity index (χ1n) is 7.44. The Kier molecular flexibility index (Phi) is 6.30. The van der Waals surface area contributed by atoms with Gasteiger partial charge in [-0.3, -0.25) is 4.74 Å². The van der Waals surface area contributed by atoms with Crippen molar-refractivity contribution in [1.82, 2.24) is 0 Å². The summed E-state index contributed by atoms with van der Waals surface area (Å²) >= 11 is 0. The topological polar surface area (TPSA) is 57.2 Å². The van der Waals surface area contributed by atoms with Crippen molar-refractivity contribution in [3.8, 4) is 5.75 Å². The van der Waals surface area contributed by atoms with E-state index in [0.29, 0.717) is 5.57 Å². The minimum absolute atomic E-state index is 0.0557. The zero-order chi connectivity index (χ0) is 18.4. The predicted octanol–water partition coefficient (Wildman–Crippen LogP) is 3.47. The molecule has 7 heteroatoms. The summed E-state index contributed by atoms with van der Waals surface area (Å²) in [5.74, 6) is -1.67. The zero-order valence-electron chi connectivity index (χ0n) is 14.1. The number of aromatic hydroxyl groups is 1. The van der Waals surface area contributed by atoms with Gasteiger partial charge in [0.2, 0.25) is 0 Å². The van der Waals surface area contributed by atoms with Gasteiger partial charge in [-0.05, 0) is 35.4 Å². The molecule has 2 rings (SSSR count). The van der Waals surface area contributed by atoms with Gasteiger partial charge in [-0.15, -0.1) is 0 Å². The molecule has 1 aliphatic rings. The molecule has 0 saturated carbocycles. The largest absolute Gasteiger partial charge is 0.508 e. The van der Waals surface area contributed by atoms with E-state index in [-0.39, 0.29) is 11.5 Å². The van der Waals surface area contributed by atoms with Crippen LogP contribution in [0.25, 0.3) is 6.08 Å². The quantitative estimate of drug-likeness (QED) is 0.760. The lowest BCUT2D eigenvalue weighted by Gasteiger charge is -2.39. The summed E-state index contributed by atoms with van der Waals surface area (Å²) in [5, 5.41) is 9.49. The normalized spacial score (nSPS) is 23.7. The van der Waals surface area contributed by atoms with Crippen molar-refractivity contribution in [3.63, 3.8) is 0 Å². The van der Waals surface area contributed by atoms with Crippen LogP contribution in [0.1, 0.15) is 5.56 Å². The Bertz CT molecular complexity index is 684. The van der Waals surface area contributed by atoms with Crippen molar-refractivity contribution in [2.45, 2.75) is 18.5 Å². The lowest BCUT2D eigenvalue weighted by molar-refractivity contribution is -0.324. The minimum Gasteiger partial charge on any atom is -0.508 e. The lowest BCUT2D eigenvalue weighted by Crippen LogP contribution is -2.51. The number of benzene rings is 1. The van der Waals surface area contributed by atoms with Crippen LogP contribution in [-0.2, 0) is 18.9 Å². The van der Waals surface area contributed by atoms with Crippen LogP contribution in [0, 0.1) is 0 Å². The summed E-state index contributed by atoms with van der Waals surface area (Å²) in [4.78, 5) is 0. The number of phenols is 1. The van der Waals surface area contributed by atoms with Crippen molar-refractivity contribution in [2.75, 3.05) is 21.3 Å². The first-order valence-corrected chi connectivity index (χ1v) is 7.44. The number of alkyl halides is 2. The van der Waals surface area contributed by atoms with E-state index in [0.717, 1.165) is 5.56 Å². The molecule has 0 heterocycles. The van der Waals surface area contributed by atoms with Gasteiger partial charge >= 0.3 is 6.61 Å². The molecular weight excluding hydrogens is 334 g/mol. The van der Waals surface area contributed by atoms with E-state index in [1.165, 1.54) is 27.4 Å². The third kappa shape index (κ3) is 4.25. The third-order valence-electron chi connectivity index (χ3n) is 3.74. The SMILES string of the molecule is COC1=CC(/C=C\c2cccc(O)c2)=CC(OC)C1(OC)OC(F)F. The summed E-state index contributed by atoms with van der Waals surface area (Å²) in [6, 6.07) is 6.68. The number of hydrogen-bond donors (Lipinski definition) is 1. The van der Waals surface area contributed by atoms with Gasteiger partial charge < -0.3 is 19.3 Å². The molecule has 1 aliphatic carbocycles. The second kappa shape index (κ2) is 8.24. The van der Waals surface area contributed by atoms with Crippen LogP contribution in [0.4, 0.5) is 8.78 Å². The van der Waals surface area contributed by atoms with Crippen LogP contribution in [-0.4, -0.2) is 44.9 Å². The van der Waals surface area contributed by atoms with E-state index in [1.54, 1.807) is 36.4 Å². The zero-order valence-corrected chi connectivity index (χ0v) is 14.1. The highest BCUT2D eigenvalue weighted by Gasteiger charge is 2.49. The summed E-state index contributed by atoms with van der Waals surface area (Å²) in [5.41, 5.74) is 1.42. The van der Waals surface area contributed by atoms with Crippen LogP contribution >= 0.6 is 0 Å². The number of phenolic OH excluding ortho intramolecular Hbond substituents is 1. The molecule has 0 bridgehead atoms. The maximum Gasteiger partial charge on any atom is 0.348 e. The third-order valence-corrected chi connectivity index (χ3v) is 3.74. The average Bonchev–Trinajstić information content (AvgIpc) is 2.59. The van der Waals surface area contributed by atoms with Crippen molar-refractivity contribution in [2.24, 2.45) is 0 Å². The predicted molar refractivity (Wildman–Crippen MR) is 87.9 cm³/mol. The van der Waals surface area contributed by atoms with E-state index >= 15 is 0 Å². The van der Waals surface area contributed by atoms with Gasteiger partial charge in [0, 0.05) is 14.2 Å². The van der Waals surface area contributed by atoms with Crippen molar-refractivity contribution < 1.29 is 32.8 Å². The van der Waals surface area contributed by atoms with Gasteiger partial charge in [0.05, 0.1) is 7.11 Å². The molecule has 0 aromatic heterocycles. The Balaban J connectivity index is 2.35. The number of hydrogen-bond acceptors (Lipinski definition) is 5. The molecule has 0 aliphatic heterocycles. The number of rotatable bonds is 7. The summed E-state index contributed by atoms with van der Waals surface area (Å²) in [7, 11) is 3.94. The van der Waals surface area contributed by atoms with Crippen LogP contribution in [0.3, 0.4) is 0 Å². The number of halogens is 2. The van der Waals surface area contributed by atoms with Crippen LogP contribution in [0.15, 0.2) is 53.8 Å². The Morgan fingerprint density at radius 2 is 1.96 bits per heavy atom. The van der Waals surface area contributed by atoms with E-state index in [1.807, 2.05) is 6.07 Å². The fourth-order valence-corrected chi connectivity index (χ4v) is 2.60. The van der Waals surface area contributed by atoms with Gasteiger partial charge in [-0.1, -0.05) is 24.3 Å². The first-order chi connectivity index (χ1) is 11.9. The molecule has 1 N–H and O–H groups in total. The highest BCUT2D eigenvalue weighted by molar-refractivity contribution is 5.57. The maximum atomic E-state index is 12.9. The van der Waals surface area contributed by atoms with E-state index < -0.39 is 18.5 Å². The summed E-state index contributed by atoms with van der Waals surface area (Å²) in [6.45, 7) is -3.08. The van der Waals surface area contributed by atoms with Crippen molar-refractivity contribution >= 4 is 6.08 Å². The highest BCUT2D eigenvalue weighted by atomic mass is 19.3. The lowest BCUT2D eigenvalue weighted by atomic mass is 9.95. The molecule has 1 aromatic carbocycles. The highest BCUT2D eigenvalue weighted by Crippen LogP contribution is 2.37. The van der Waals surface area contributed by atoms with Crippen LogP contribution in [0.5, 0.6) is 5.75 Å². The molecule has 0 saturated heterocycles. The van der Waals surface area contributed by atoms with Crippen molar-refractivity contribution in [1.29, 1.82) is 0 Å². The van der Waals surface area contributed by atoms with Crippen molar-refractivity contribution in [3.05, 3.63) is 59.4 Å². The molecule has 0 radical (unpaired) electrons. The van der Waals surface area contributed by atoms with Gasteiger partial charge in [0.25, 0.3) is 5.79 Å². The molecule has 0 fully saturated rings. The monoisotopic (exact) mass is 354 g/mol. The van der Waals surface area contributed by atoms with Gasteiger partial charge in [-0.2, -0.15) is 8.78 Å². The maximum absolute atomic E-state index is 12.9. The fourth-order valence-electron chi connectivity index (χ4n) is 2.60. The summed E-state index contributed by atoms with van der Waals surface area (Å²) in [6.07, 6.45) is 5.67. The average molecular weight is 354 g/mol. The van der Waals surface area contributed by atoms with Gasteiger partial charge in [0.15, 0.2) is 5.76 Å². The molecule has 2 atom stereocenters. The Hall–Kier alpha value is -2.22. The smallest absolute Gasteiger partial charge is 0.348 e. The van der Waals surface area contributed by atoms with Crippen LogP contribution in [0.2, 0.25) is 0 Å². The minimum atomic E-state index is -3.08. The Labute approximate surface area is 144 Å². The number of allylic oxidation sites excluding steroid dienone is 3. The standard InChI is InChI=1S/C18H20F2O5/c1-22-15-10-13(8-7-12-5-4-6-14(21)9-12)11-16(23-2)18(15,24-3)25-17(19)20/h4-11,15,17,21H,1-3H3/b8-7-. The molecule has 25 heavy (non-hydrogen) atoms. The molecule has 0 spiro atoms. The van der Waals surface area contributed by atoms with E-state index in [9.17, 15) is 13.9 Å². The summed E-state index contributed by atoms with van der Waals surface area (Å²) < 4.78 is 46.1. The fraction of sp³-hybridized carbons (Fsp3) is 0.333. The Morgan fingerprint density at radius 3 is 2.52 bits per heavy atom. The van der Waals surface area contributed by atoms with Crippen LogP contribution < -0.4 is 0 Å². The molecular formula is C18H20F2O5. The molecule has 136 valence electrons. The first kappa shape index (κ1) is 19.1. The molecule has 2 unspecified atom stereocenters. The van der Waals surface area contributed by atoms with E-state index in [2.05, 4.69) is 4.74 Å². The van der Waals surface area contributed by atoms with Gasteiger partial charge in [0.1, 0.15) is 11.9 Å². The molecule has 1 aromatic rings. The molecule has 0 amide bonds. The van der Waals surface area contributed by atoms with E-state index in [4.69, 9.17) is 14.2 Å². The number of ether oxygens (including phenoxy) is 4. The Morgan fingerprint density at radius 1 is 1.20 bits per heavy atom. The second-order valence-electron chi connectivity index (χ2n) is 5.21. The van der Waals surface area contributed by atoms with Gasteiger partial charge in [-0.25, -0.2) is 0 Å². The number of methoxy groups -OCH3 is 3.